The van der Waals surface area contributed by atoms with Crippen LogP contribution in [-0.4, -0.2) is 20.2 Å². The fraction of sp³-hybridized carbons (Fsp3) is 0.636. The minimum Gasteiger partial charge on any atom is -0.464 e. The summed E-state index contributed by atoms with van der Waals surface area (Å²) in [6, 6.07) is 4.22. The Kier molecular flexibility index (Phi) is 3.35. The first-order valence-electron chi connectivity index (χ1n) is 5.60. The lowest BCUT2D eigenvalue weighted by atomic mass is 10.4. The molecule has 1 N–H and O–H groups in total. The lowest BCUT2D eigenvalue weighted by molar-refractivity contribution is 0.455. The summed E-state index contributed by atoms with van der Waals surface area (Å²) in [5.74, 6) is 1.51. The zero-order valence-electron chi connectivity index (χ0n) is 9.40. The maximum Gasteiger partial charge on any atom is 0.157 e. The van der Waals surface area contributed by atoms with Crippen LogP contribution in [0.15, 0.2) is 16.5 Å². The maximum atomic E-state index is 11.4. The Morgan fingerprint density at radius 1 is 1.38 bits per heavy atom. The minimum atomic E-state index is -2.99. The molecule has 90 valence electrons. The summed E-state index contributed by atoms with van der Waals surface area (Å²) in [5, 5.41) is 3.32. The topological polar surface area (TPSA) is 59.3 Å². The lowest BCUT2D eigenvalue weighted by Crippen LogP contribution is -2.14. The molecule has 1 saturated carbocycles. The number of sulfone groups is 1. The molecule has 1 fully saturated rings. The molecule has 1 aliphatic carbocycles. The van der Waals surface area contributed by atoms with Crippen molar-refractivity contribution in [2.45, 2.75) is 38.1 Å². The molecular formula is C11H17NO3S. The molecule has 0 bridgehead atoms. The Morgan fingerprint density at radius 3 is 2.69 bits per heavy atom. The lowest BCUT2D eigenvalue weighted by Gasteiger charge is -1.99. The second-order valence-corrected chi connectivity index (χ2v) is 6.55. The van der Waals surface area contributed by atoms with Crippen LogP contribution in [0.3, 0.4) is 0 Å². The summed E-state index contributed by atoms with van der Waals surface area (Å²) in [6.45, 7) is 2.34. The quantitative estimate of drug-likeness (QED) is 0.822. The van der Waals surface area contributed by atoms with E-state index in [1.54, 1.807) is 13.0 Å². The first-order chi connectivity index (χ1) is 7.59. The van der Waals surface area contributed by atoms with E-state index in [-0.39, 0.29) is 11.5 Å². The van der Waals surface area contributed by atoms with Crippen LogP contribution < -0.4 is 5.32 Å². The SMILES string of the molecule is CCS(=O)(=O)Cc1ccc(CNC2CC2)o1. The van der Waals surface area contributed by atoms with Crippen LogP contribution in [0.4, 0.5) is 0 Å². The Bertz CT molecular complexity index is 446. The Hall–Kier alpha value is -0.810. The van der Waals surface area contributed by atoms with E-state index in [2.05, 4.69) is 5.32 Å². The van der Waals surface area contributed by atoms with Crippen molar-refractivity contribution in [3.8, 4) is 0 Å². The summed E-state index contributed by atoms with van der Waals surface area (Å²) in [7, 11) is -2.99. The van der Waals surface area contributed by atoms with E-state index >= 15 is 0 Å². The van der Waals surface area contributed by atoms with E-state index in [1.165, 1.54) is 12.8 Å². The highest BCUT2D eigenvalue weighted by Crippen LogP contribution is 2.20. The number of rotatable bonds is 6. The molecular weight excluding hydrogens is 226 g/mol. The van der Waals surface area contributed by atoms with Crippen LogP contribution in [0.2, 0.25) is 0 Å². The number of hydrogen-bond acceptors (Lipinski definition) is 4. The minimum absolute atomic E-state index is 0.00687. The van der Waals surface area contributed by atoms with Crippen LogP contribution in [0.1, 0.15) is 31.3 Å². The maximum absolute atomic E-state index is 11.4. The average Bonchev–Trinajstić information content (AvgIpc) is 2.97. The summed E-state index contributed by atoms with van der Waals surface area (Å²) in [4.78, 5) is 0. The van der Waals surface area contributed by atoms with E-state index in [4.69, 9.17) is 4.42 Å². The molecule has 1 heterocycles. The van der Waals surface area contributed by atoms with Crippen LogP contribution in [0, 0.1) is 0 Å². The summed E-state index contributed by atoms with van der Waals surface area (Å²) in [6.07, 6.45) is 2.47. The molecule has 1 aliphatic rings. The number of nitrogens with one attached hydrogen (secondary N) is 1. The van der Waals surface area contributed by atoms with Crippen LogP contribution >= 0.6 is 0 Å². The highest BCUT2D eigenvalue weighted by Gasteiger charge is 2.20. The van der Waals surface area contributed by atoms with E-state index in [1.807, 2.05) is 6.07 Å². The molecule has 5 heteroatoms. The van der Waals surface area contributed by atoms with Gasteiger partial charge in [0, 0.05) is 11.8 Å². The van der Waals surface area contributed by atoms with Crippen molar-refractivity contribution in [3.05, 3.63) is 23.7 Å². The Morgan fingerprint density at radius 2 is 2.06 bits per heavy atom. The van der Waals surface area contributed by atoms with Gasteiger partial charge in [-0.1, -0.05) is 6.92 Å². The van der Waals surface area contributed by atoms with Gasteiger partial charge in [0.1, 0.15) is 17.3 Å². The predicted molar refractivity (Wildman–Crippen MR) is 61.7 cm³/mol. The fourth-order valence-electron chi connectivity index (χ4n) is 1.45. The zero-order valence-corrected chi connectivity index (χ0v) is 10.2. The van der Waals surface area contributed by atoms with E-state index in [9.17, 15) is 8.42 Å². The van der Waals surface area contributed by atoms with E-state index < -0.39 is 9.84 Å². The molecule has 0 amide bonds. The molecule has 2 rings (SSSR count). The van der Waals surface area contributed by atoms with Crippen molar-refractivity contribution >= 4 is 9.84 Å². The third-order valence-corrected chi connectivity index (χ3v) is 4.27. The second kappa shape index (κ2) is 4.59. The normalized spacial score (nSPS) is 16.6. The van der Waals surface area contributed by atoms with Gasteiger partial charge in [0.05, 0.1) is 6.54 Å². The molecule has 0 aliphatic heterocycles. The second-order valence-electron chi connectivity index (χ2n) is 4.20. The van der Waals surface area contributed by atoms with Gasteiger partial charge in [-0.25, -0.2) is 8.42 Å². The standard InChI is InChI=1S/C11H17NO3S/c1-2-16(13,14)8-11-6-5-10(15-11)7-12-9-3-4-9/h5-6,9,12H,2-4,7-8H2,1H3. The first-order valence-corrected chi connectivity index (χ1v) is 7.42. The molecule has 0 atom stereocenters. The molecule has 0 saturated heterocycles. The van der Waals surface area contributed by atoms with Crippen molar-refractivity contribution in [2.24, 2.45) is 0 Å². The molecule has 0 radical (unpaired) electrons. The van der Waals surface area contributed by atoms with Gasteiger partial charge in [-0.05, 0) is 25.0 Å². The average molecular weight is 243 g/mol. The van der Waals surface area contributed by atoms with Crippen molar-refractivity contribution in [3.63, 3.8) is 0 Å². The van der Waals surface area contributed by atoms with Crippen molar-refractivity contribution < 1.29 is 12.8 Å². The van der Waals surface area contributed by atoms with Gasteiger partial charge in [0.2, 0.25) is 0 Å². The van der Waals surface area contributed by atoms with Gasteiger partial charge in [-0.15, -0.1) is 0 Å². The largest absolute Gasteiger partial charge is 0.464 e. The molecule has 0 aromatic carbocycles. The van der Waals surface area contributed by atoms with E-state index in [0.717, 1.165) is 5.76 Å². The molecule has 1 aromatic rings. The summed E-state index contributed by atoms with van der Waals surface area (Å²) in [5.41, 5.74) is 0. The number of furan rings is 1. The third-order valence-electron chi connectivity index (χ3n) is 2.66. The van der Waals surface area contributed by atoms with Gasteiger partial charge in [0.25, 0.3) is 0 Å². The monoisotopic (exact) mass is 243 g/mol. The van der Waals surface area contributed by atoms with Gasteiger partial charge in [-0.3, -0.25) is 0 Å². The molecule has 1 aromatic heterocycles. The van der Waals surface area contributed by atoms with Crippen LogP contribution in [0.5, 0.6) is 0 Å². The smallest absolute Gasteiger partial charge is 0.157 e. The van der Waals surface area contributed by atoms with E-state index in [0.29, 0.717) is 18.3 Å². The highest BCUT2D eigenvalue weighted by atomic mass is 32.2. The Balaban J connectivity index is 1.90. The third kappa shape index (κ3) is 3.35. The summed E-state index contributed by atoms with van der Waals surface area (Å²) >= 11 is 0. The highest BCUT2D eigenvalue weighted by molar-refractivity contribution is 7.90. The van der Waals surface area contributed by atoms with Gasteiger partial charge >= 0.3 is 0 Å². The van der Waals surface area contributed by atoms with Crippen molar-refractivity contribution in [1.82, 2.24) is 5.32 Å². The summed E-state index contributed by atoms with van der Waals surface area (Å²) < 4.78 is 28.2. The predicted octanol–water partition coefficient (Wildman–Crippen LogP) is 1.47. The first kappa shape index (κ1) is 11.7. The van der Waals surface area contributed by atoms with Crippen molar-refractivity contribution in [2.75, 3.05) is 5.75 Å². The van der Waals surface area contributed by atoms with Gasteiger partial charge in [0.15, 0.2) is 9.84 Å². The van der Waals surface area contributed by atoms with Crippen molar-refractivity contribution in [1.29, 1.82) is 0 Å². The van der Waals surface area contributed by atoms with Crippen LogP contribution in [-0.2, 0) is 22.1 Å². The molecule has 0 spiro atoms. The molecule has 0 unspecified atom stereocenters. The van der Waals surface area contributed by atoms with Gasteiger partial charge in [-0.2, -0.15) is 0 Å². The van der Waals surface area contributed by atoms with Crippen LogP contribution in [0.25, 0.3) is 0 Å². The zero-order chi connectivity index (χ0) is 11.6. The molecule has 16 heavy (non-hydrogen) atoms. The Labute approximate surface area is 95.9 Å². The fourth-order valence-corrected chi connectivity index (χ4v) is 2.24. The number of hydrogen-bond donors (Lipinski definition) is 1. The van der Waals surface area contributed by atoms with Gasteiger partial charge < -0.3 is 9.73 Å². The molecule has 4 nitrogen and oxygen atoms in total.